The molecule has 1 atom stereocenters. The summed E-state index contributed by atoms with van der Waals surface area (Å²) in [5.74, 6) is 0. The van der Waals surface area contributed by atoms with Gasteiger partial charge in [0.25, 0.3) is 0 Å². The van der Waals surface area contributed by atoms with Gasteiger partial charge in [0.1, 0.15) is 0 Å². The molecule has 0 bridgehead atoms. The van der Waals surface area contributed by atoms with Gasteiger partial charge in [0.05, 0.1) is 5.51 Å². The minimum Gasteiger partial charge on any atom is -0.309 e. The van der Waals surface area contributed by atoms with Crippen molar-refractivity contribution in [2.45, 2.75) is 32.7 Å². The summed E-state index contributed by atoms with van der Waals surface area (Å²) in [5.41, 5.74) is 1.91. The lowest BCUT2D eigenvalue weighted by Crippen LogP contribution is -2.22. The number of aromatic nitrogens is 1. The molecule has 2 aromatic rings. The van der Waals surface area contributed by atoms with Gasteiger partial charge in [0, 0.05) is 33.3 Å². The van der Waals surface area contributed by atoms with Crippen molar-refractivity contribution < 1.29 is 0 Å². The Morgan fingerprint density at radius 2 is 2.29 bits per heavy atom. The Morgan fingerprint density at radius 1 is 1.41 bits per heavy atom. The van der Waals surface area contributed by atoms with Gasteiger partial charge >= 0.3 is 0 Å². The molecule has 1 unspecified atom stereocenters. The van der Waals surface area contributed by atoms with Gasteiger partial charge in [-0.05, 0) is 32.0 Å². The summed E-state index contributed by atoms with van der Waals surface area (Å²) in [7, 11) is 0. The molecule has 0 spiro atoms. The monoisotopic (exact) mass is 266 g/mol. The van der Waals surface area contributed by atoms with E-state index in [0.29, 0.717) is 6.04 Å². The highest BCUT2D eigenvalue weighted by Gasteiger charge is 2.14. The number of thiophene rings is 1. The van der Waals surface area contributed by atoms with Gasteiger partial charge in [-0.2, -0.15) is 0 Å². The van der Waals surface area contributed by atoms with Crippen molar-refractivity contribution in [3.05, 3.63) is 38.5 Å². The van der Waals surface area contributed by atoms with Crippen molar-refractivity contribution in [1.29, 1.82) is 0 Å². The van der Waals surface area contributed by atoms with Crippen molar-refractivity contribution in [2.24, 2.45) is 0 Å². The van der Waals surface area contributed by atoms with E-state index in [1.807, 2.05) is 23.0 Å². The van der Waals surface area contributed by atoms with Gasteiger partial charge in [0.15, 0.2) is 0 Å². The summed E-state index contributed by atoms with van der Waals surface area (Å²) >= 11 is 3.63. The van der Waals surface area contributed by atoms with Crippen molar-refractivity contribution in [2.75, 3.05) is 6.54 Å². The lowest BCUT2D eigenvalue weighted by Gasteiger charge is -2.16. The average molecular weight is 266 g/mol. The van der Waals surface area contributed by atoms with Crippen LogP contribution >= 0.6 is 22.7 Å². The fourth-order valence-corrected chi connectivity index (χ4v) is 3.37. The number of aryl methyl sites for hydroxylation is 1. The molecule has 1 N–H and O–H groups in total. The fourth-order valence-electron chi connectivity index (χ4n) is 1.78. The van der Waals surface area contributed by atoms with Crippen LogP contribution in [-0.4, -0.2) is 11.5 Å². The summed E-state index contributed by atoms with van der Waals surface area (Å²) in [4.78, 5) is 8.32. The van der Waals surface area contributed by atoms with Gasteiger partial charge in [-0.1, -0.05) is 6.92 Å². The van der Waals surface area contributed by atoms with Crippen LogP contribution < -0.4 is 5.32 Å². The quantitative estimate of drug-likeness (QED) is 0.860. The minimum absolute atomic E-state index is 0.439. The number of nitrogens with zero attached hydrogens (tertiary/aromatic N) is 1. The van der Waals surface area contributed by atoms with Crippen molar-refractivity contribution >= 4 is 22.7 Å². The van der Waals surface area contributed by atoms with Crippen molar-refractivity contribution in [3.63, 3.8) is 0 Å². The van der Waals surface area contributed by atoms with Crippen LogP contribution in [0.1, 0.15) is 34.0 Å². The molecule has 0 aliphatic rings. The number of hydrogen-bond donors (Lipinski definition) is 1. The first-order valence-corrected chi connectivity index (χ1v) is 7.66. The summed E-state index contributed by atoms with van der Waals surface area (Å²) in [6.45, 7) is 5.44. The third-order valence-electron chi connectivity index (χ3n) is 2.63. The second-order valence-electron chi connectivity index (χ2n) is 4.13. The number of nitrogens with one attached hydrogen (secondary N) is 1. The van der Waals surface area contributed by atoms with Crippen LogP contribution in [0.25, 0.3) is 0 Å². The maximum Gasteiger partial charge on any atom is 0.0794 e. The highest BCUT2D eigenvalue weighted by molar-refractivity contribution is 7.12. The zero-order chi connectivity index (χ0) is 12.1. The third-order valence-corrected chi connectivity index (χ3v) is 4.55. The fraction of sp³-hybridized carbons (Fsp3) is 0.462. The summed E-state index contributed by atoms with van der Waals surface area (Å²) in [6, 6.07) is 4.89. The van der Waals surface area contributed by atoms with E-state index in [1.165, 1.54) is 21.1 Å². The lowest BCUT2D eigenvalue weighted by molar-refractivity contribution is 0.539. The molecule has 0 amide bonds. The first-order valence-electron chi connectivity index (χ1n) is 5.96. The zero-order valence-corrected chi connectivity index (χ0v) is 11.9. The molecule has 2 rings (SSSR count). The molecule has 0 aromatic carbocycles. The molecule has 0 aliphatic heterocycles. The van der Waals surface area contributed by atoms with Crippen LogP contribution in [0.5, 0.6) is 0 Å². The van der Waals surface area contributed by atoms with Gasteiger partial charge in [-0.3, -0.25) is 4.98 Å². The van der Waals surface area contributed by atoms with Gasteiger partial charge < -0.3 is 5.32 Å². The van der Waals surface area contributed by atoms with Crippen LogP contribution in [0, 0.1) is 6.92 Å². The molecule has 92 valence electrons. The predicted octanol–water partition coefficient (Wildman–Crippen LogP) is 3.80. The zero-order valence-electron chi connectivity index (χ0n) is 10.3. The van der Waals surface area contributed by atoms with Crippen LogP contribution in [0.3, 0.4) is 0 Å². The SMILES string of the molecule is CCCNC(Cc1cncs1)c1ccc(C)s1. The molecule has 0 radical (unpaired) electrons. The lowest BCUT2D eigenvalue weighted by atomic mass is 10.1. The Kier molecular flexibility index (Phi) is 4.71. The van der Waals surface area contributed by atoms with Gasteiger partial charge in [-0.15, -0.1) is 22.7 Å². The highest BCUT2D eigenvalue weighted by Crippen LogP contribution is 2.26. The molecule has 4 heteroatoms. The van der Waals surface area contributed by atoms with Crippen molar-refractivity contribution in [3.8, 4) is 0 Å². The Bertz CT molecular complexity index is 434. The normalized spacial score (nSPS) is 12.8. The van der Waals surface area contributed by atoms with E-state index in [4.69, 9.17) is 0 Å². The molecule has 0 saturated carbocycles. The van der Waals surface area contributed by atoms with Crippen LogP contribution in [0.4, 0.5) is 0 Å². The van der Waals surface area contributed by atoms with Crippen LogP contribution in [0.15, 0.2) is 23.8 Å². The second-order valence-corrected chi connectivity index (χ2v) is 6.42. The minimum atomic E-state index is 0.439. The maximum absolute atomic E-state index is 4.15. The average Bonchev–Trinajstić information content (AvgIpc) is 2.95. The Morgan fingerprint density at radius 3 is 2.88 bits per heavy atom. The topological polar surface area (TPSA) is 24.9 Å². The predicted molar refractivity (Wildman–Crippen MR) is 75.9 cm³/mol. The van der Waals surface area contributed by atoms with Crippen LogP contribution in [0.2, 0.25) is 0 Å². The summed E-state index contributed by atoms with van der Waals surface area (Å²) in [6.07, 6.45) is 4.19. The van der Waals surface area contributed by atoms with Gasteiger partial charge in [-0.25, -0.2) is 0 Å². The number of hydrogen-bond acceptors (Lipinski definition) is 4. The molecule has 2 nitrogen and oxygen atoms in total. The first kappa shape index (κ1) is 12.7. The van der Waals surface area contributed by atoms with E-state index in [9.17, 15) is 0 Å². The molecule has 2 heterocycles. The van der Waals surface area contributed by atoms with Crippen LogP contribution in [-0.2, 0) is 6.42 Å². The standard InChI is InChI=1S/C13H18N2S2/c1-3-6-15-12(7-11-8-14-9-16-11)13-5-4-10(2)17-13/h4-5,8-9,12,15H,3,6-7H2,1-2H3. The van der Waals surface area contributed by atoms with E-state index in [1.54, 1.807) is 11.3 Å². The number of thiazole rings is 1. The molecule has 17 heavy (non-hydrogen) atoms. The molecular weight excluding hydrogens is 248 g/mol. The summed E-state index contributed by atoms with van der Waals surface area (Å²) in [5, 5.41) is 3.63. The third kappa shape index (κ3) is 3.63. The van der Waals surface area contributed by atoms with E-state index in [2.05, 4.69) is 36.3 Å². The highest BCUT2D eigenvalue weighted by atomic mass is 32.1. The molecular formula is C13H18N2S2. The first-order chi connectivity index (χ1) is 8.29. The summed E-state index contributed by atoms with van der Waals surface area (Å²) < 4.78 is 0. The largest absolute Gasteiger partial charge is 0.309 e. The Labute approximate surface area is 111 Å². The molecule has 0 saturated heterocycles. The smallest absolute Gasteiger partial charge is 0.0794 e. The Balaban J connectivity index is 2.07. The second kappa shape index (κ2) is 6.28. The van der Waals surface area contributed by atoms with Crippen molar-refractivity contribution in [1.82, 2.24) is 10.3 Å². The van der Waals surface area contributed by atoms with E-state index < -0.39 is 0 Å². The van der Waals surface area contributed by atoms with E-state index >= 15 is 0 Å². The number of rotatable bonds is 6. The molecule has 2 aromatic heterocycles. The van der Waals surface area contributed by atoms with E-state index in [0.717, 1.165) is 13.0 Å². The Hall–Kier alpha value is -0.710. The maximum atomic E-state index is 4.15. The molecule has 0 fully saturated rings. The molecule has 0 aliphatic carbocycles. The van der Waals surface area contributed by atoms with E-state index in [-0.39, 0.29) is 0 Å². The van der Waals surface area contributed by atoms with Gasteiger partial charge in [0.2, 0.25) is 0 Å².